The second kappa shape index (κ2) is 7.08. The summed E-state index contributed by atoms with van der Waals surface area (Å²) in [7, 11) is 0. The minimum Gasteiger partial charge on any atom is -0.308 e. The van der Waals surface area contributed by atoms with Crippen LogP contribution in [0.15, 0.2) is 59.9 Å². The molecule has 4 amide bonds. The van der Waals surface area contributed by atoms with Crippen LogP contribution in [0.4, 0.5) is 36.8 Å². The first-order chi connectivity index (χ1) is 15.9. The molecular formula is C22H13F6N3O3. The Kier molecular flexibility index (Phi) is 4.58. The fraction of sp³-hybridized carbons (Fsp3) is 0.227. The molecule has 0 aromatic heterocycles. The zero-order chi connectivity index (χ0) is 24.6. The summed E-state index contributed by atoms with van der Waals surface area (Å²) in [5.41, 5.74) is -3.24. The summed E-state index contributed by atoms with van der Waals surface area (Å²) in [5, 5.41) is 0. The van der Waals surface area contributed by atoms with Crippen LogP contribution in [0.3, 0.4) is 0 Å². The number of carbonyl (C=O) groups excluding carboxylic acids is 3. The molecule has 0 saturated carbocycles. The molecule has 34 heavy (non-hydrogen) atoms. The Balaban J connectivity index is 1.52. The molecule has 6 nitrogen and oxygen atoms in total. The molecule has 176 valence electrons. The first-order valence-corrected chi connectivity index (χ1v) is 9.95. The fourth-order valence-corrected chi connectivity index (χ4v) is 4.53. The highest BCUT2D eigenvalue weighted by molar-refractivity contribution is 6.28. The van der Waals surface area contributed by atoms with Gasteiger partial charge in [0, 0.05) is 13.0 Å². The number of rotatable bonds is 2. The predicted octanol–water partition coefficient (Wildman–Crippen LogP) is 4.63. The number of hydrogen-bond donors (Lipinski definition) is 0. The maximum Gasteiger partial charge on any atom is 0.417 e. The first kappa shape index (κ1) is 22.0. The van der Waals surface area contributed by atoms with Crippen LogP contribution in [0.1, 0.15) is 27.9 Å². The molecular weight excluding hydrogens is 468 g/mol. The lowest BCUT2D eigenvalue weighted by Crippen LogP contribution is -2.43. The zero-order valence-electron chi connectivity index (χ0n) is 16.9. The smallest absolute Gasteiger partial charge is 0.308 e. The average Bonchev–Trinajstić information content (AvgIpc) is 3.43. The standard InChI is InChI=1S/C22H13F6N3O3/c23-21(24,25)11-4-3-5-12(8-11)31-19(33)17-16-9-13(30(17)20(31)34)10-29(16)18(32)14-6-1-2-7-15(14)22(26,27)28/h1-8,13H,9-10H2. The van der Waals surface area contributed by atoms with Crippen molar-refractivity contribution in [3.8, 4) is 0 Å². The third kappa shape index (κ3) is 3.16. The molecule has 3 heterocycles. The van der Waals surface area contributed by atoms with E-state index < -0.39 is 52.9 Å². The van der Waals surface area contributed by atoms with E-state index in [-0.39, 0.29) is 30.0 Å². The summed E-state index contributed by atoms with van der Waals surface area (Å²) in [5.74, 6) is -1.92. The molecule has 2 aromatic carbocycles. The Morgan fingerprint density at radius 2 is 1.62 bits per heavy atom. The summed E-state index contributed by atoms with van der Waals surface area (Å²) in [4.78, 5) is 41.8. The third-order valence-corrected chi connectivity index (χ3v) is 5.97. The third-order valence-electron chi connectivity index (χ3n) is 5.97. The molecule has 0 radical (unpaired) electrons. The molecule has 12 heteroatoms. The van der Waals surface area contributed by atoms with Gasteiger partial charge in [-0.2, -0.15) is 26.3 Å². The van der Waals surface area contributed by atoms with E-state index in [1.165, 1.54) is 12.1 Å². The normalized spacial score (nSPS) is 20.1. The molecule has 5 rings (SSSR count). The monoisotopic (exact) mass is 481 g/mol. The predicted molar refractivity (Wildman–Crippen MR) is 104 cm³/mol. The summed E-state index contributed by atoms with van der Waals surface area (Å²) >= 11 is 0. The number of anilines is 1. The number of hydrogen-bond acceptors (Lipinski definition) is 3. The van der Waals surface area contributed by atoms with E-state index >= 15 is 0 Å². The Hall–Kier alpha value is -3.83. The van der Waals surface area contributed by atoms with Gasteiger partial charge in [0.1, 0.15) is 5.70 Å². The number of benzene rings is 2. The van der Waals surface area contributed by atoms with E-state index in [1.807, 2.05) is 0 Å². The van der Waals surface area contributed by atoms with Crippen molar-refractivity contribution in [3.63, 3.8) is 0 Å². The van der Waals surface area contributed by atoms with Crippen LogP contribution in [0, 0.1) is 0 Å². The van der Waals surface area contributed by atoms with Gasteiger partial charge in [0.25, 0.3) is 11.8 Å². The van der Waals surface area contributed by atoms with Crippen LogP contribution in [0.25, 0.3) is 0 Å². The summed E-state index contributed by atoms with van der Waals surface area (Å²) in [6, 6.07) is 6.31. The number of likely N-dealkylation sites (tertiary alicyclic amines) is 1. The minimum absolute atomic E-state index is 0.0693. The highest BCUT2D eigenvalue weighted by Gasteiger charge is 2.56. The largest absolute Gasteiger partial charge is 0.417 e. The van der Waals surface area contributed by atoms with E-state index in [9.17, 15) is 40.7 Å². The van der Waals surface area contributed by atoms with E-state index in [2.05, 4.69) is 0 Å². The topological polar surface area (TPSA) is 60.9 Å². The number of halogens is 6. The zero-order valence-corrected chi connectivity index (χ0v) is 16.9. The lowest BCUT2D eigenvalue weighted by atomic mass is 10.1. The highest BCUT2D eigenvalue weighted by atomic mass is 19.4. The van der Waals surface area contributed by atoms with Crippen molar-refractivity contribution in [2.75, 3.05) is 11.4 Å². The lowest BCUT2D eigenvalue weighted by molar-refractivity contribution is -0.138. The van der Waals surface area contributed by atoms with Crippen LogP contribution in [0.2, 0.25) is 0 Å². The van der Waals surface area contributed by atoms with Crippen molar-refractivity contribution in [3.05, 3.63) is 76.6 Å². The number of imide groups is 1. The molecule has 2 saturated heterocycles. The van der Waals surface area contributed by atoms with E-state index in [0.717, 1.165) is 40.1 Å². The van der Waals surface area contributed by atoms with Gasteiger partial charge in [-0.25, -0.2) is 9.69 Å². The van der Waals surface area contributed by atoms with Gasteiger partial charge in [-0.15, -0.1) is 0 Å². The molecule has 1 unspecified atom stereocenters. The van der Waals surface area contributed by atoms with E-state index in [4.69, 9.17) is 0 Å². The molecule has 2 fully saturated rings. The van der Waals surface area contributed by atoms with Crippen LogP contribution >= 0.6 is 0 Å². The molecule has 3 aliphatic rings. The number of urea groups is 1. The molecule has 0 aliphatic carbocycles. The average molecular weight is 481 g/mol. The Morgan fingerprint density at radius 1 is 0.912 bits per heavy atom. The van der Waals surface area contributed by atoms with Crippen molar-refractivity contribution < 1.29 is 40.7 Å². The van der Waals surface area contributed by atoms with Gasteiger partial charge < -0.3 is 4.90 Å². The number of nitrogens with zero attached hydrogens (tertiary/aromatic N) is 3. The molecule has 1 atom stereocenters. The van der Waals surface area contributed by atoms with Crippen molar-refractivity contribution in [2.24, 2.45) is 0 Å². The van der Waals surface area contributed by atoms with Crippen LogP contribution < -0.4 is 4.90 Å². The van der Waals surface area contributed by atoms with Gasteiger partial charge in [0.05, 0.1) is 34.1 Å². The second-order valence-corrected chi connectivity index (χ2v) is 7.95. The summed E-state index contributed by atoms with van der Waals surface area (Å²) < 4.78 is 79.5. The Labute approximate surface area is 187 Å². The quantitative estimate of drug-likeness (QED) is 0.464. The number of fused-ring (bicyclic) bond motifs is 4. The molecule has 0 N–H and O–H groups in total. The van der Waals surface area contributed by atoms with Crippen molar-refractivity contribution >= 4 is 23.5 Å². The van der Waals surface area contributed by atoms with Crippen molar-refractivity contribution in [1.82, 2.24) is 9.80 Å². The van der Waals surface area contributed by atoms with Gasteiger partial charge >= 0.3 is 18.4 Å². The van der Waals surface area contributed by atoms with Crippen molar-refractivity contribution in [1.29, 1.82) is 0 Å². The van der Waals surface area contributed by atoms with E-state index in [1.54, 1.807) is 0 Å². The van der Waals surface area contributed by atoms with Crippen molar-refractivity contribution in [2.45, 2.75) is 24.8 Å². The highest BCUT2D eigenvalue weighted by Crippen LogP contribution is 2.45. The van der Waals surface area contributed by atoms with E-state index in [0.29, 0.717) is 11.0 Å². The first-order valence-electron chi connectivity index (χ1n) is 9.95. The maximum atomic E-state index is 13.4. The molecule has 0 spiro atoms. The summed E-state index contributed by atoms with van der Waals surface area (Å²) in [6.07, 6.45) is -9.41. The van der Waals surface area contributed by atoms with Gasteiger partial charge in [-0.05, 0) is 30.3 Å². The van der Waals surface area contributed by atoms with Gasteiger partial charge in [0.2, 0.25) is 0 Å². The summed E-state index contributed by atoms with van der Waals surface area (Å²) in [6.45, 7) is -0.140. The fourth-order valence-electron chi connectivity index (χ4n) is 4.53. The van der Waals surface area contributed by atoms with Crippen LogP contribution in [0.5, 0.6) is 0 Å². The molecule has 2 aromatic rings. The number of alkyl halides is 6. The Morgan fingerprint density at radius 3 is 2.29 bits per heavy atom. The van der Waals surface area contributed by atoms with Gasteiger partial charge in [-0.3, -0.25) is 14.5 Å². The van der Waals surface area contributed by atoms with Crippen LogP contribution in [-0.4, -0.2) is 40.2 Å². The maximum absolute atomic E-state index is 13.4. The number of amides is 4. The molecule has 2 bridgehead atoms. The van der Waals surface area contributed by atoms with Gasteiger partial charge in [-0.1, -0.05) is 18.2 Å². The molecule has 3 aliphatic heterocycles. The SMILES string of the molecule is O=C(c1ccccc1C(F)(F)F)N1CC2CC1=C1C(=O)N(c3cccc(C(F)(F)F)c3)C(=O)N12. The lowest BCUT2D eigenvalue weighted by Gasteiger charge is -2.28. The number of carbonyl (C=O) groups is 3. The minimum atomic E-state index is -4.78. The second-order valence-electron chi connectivity index (χ2n) is 7.95. The van der Waals surface area contributed by atoms with Gasteiger partial charge in [0.15, 0.2) is 0 Å². The van der Waals surface area contributed by atoms with Crippen LogP contribution in [-0.2, 0) is 17.1 Å². The Bertz CT molecular complexity index is 1280.